The molecule has 1 fully saturated rings. The first kappa shape index (κ1) is 22.4. The minimum atomic E-state index is -1.72. The van der Waals surface area contributed by atoms with Gasteiger partial charge >= 0.3 is 0 Å². The molecule has 2 aliphatic heterocycles. The number of fused-ring (bicyclic) bond motifs is 1. The van der Waals surface area contributed by atoms with Gasteiger partial charge in [0.05, 0.1) is 18.3 Å². The van der Waals surface area contributed by atoms with Gasteiger partial charge in [0.25, 0.3) is 0 Å². The van der Waals surface area contributed by atoms with Gasteiger partial charge in [0.2, 0.25) is 0 Å². The number of benzene rings is 2. The zero-order chi connectivity index (χ0) is 23.3. The van der Waals surface area contributed by atoms with Gasteiger partial charge in [-0.15, -0.1) is 0 Å². The third-order valence-corrected chi connectivity index (χ3v) is 5.89. The number of aliphatic hydroxyl groups excluding tert-OH is 5. The molecule has 174 valence electrons. The van der Waals surface area contributed by atoms with E-state index in [0.717, 1.165) is 6.07 Å². The van der Waals surface area contributed by atoms with Gasteiger partial charge in [0.1, 0.15) is 53.9 Å². The van der Waals surface area contributed by atoms with E-state index in [1.807, 2.05) is 0 Å². The maximum absolute atomic E-state index is 10.6. The second-order valence-corrected chi connectivity index (χ2v) is 7.94. The minimum Gasteiger partial charge on any atom is -0.507 e. The van der Waals surface area contributed by atoms with Crippen LogP contribution in [-0.4, -0.2) is 83.1 Å². The topological polar surface area (TPSA) is 201 Å². The van der Waals surface area contributed by atoms with Gasteiger partial charge < -0.3 is 55.4 Å². The number of aromatic hydroxyl groups is 4. The molecule has 0 amide bonds. The van der Waals surface area contributed by atoms with E-state index in [9.17, 15) is 46.0 Å². The van der Waals surface area contributed by atoms with Crippen LogP contribution in [0.3, 0.4) is 0 Å². The third kappa shape index (κ3) is 3.58. The highest BCUT2D eigenvalue weighted by Crippen LogP contribution is 2.50. The second-order valence-electron chi connectivity index (χ2n) is 7.94. The fraction of sp³-hybridized carbons (Fsp3) is 0.429. The average Bonchev–Trinajstić information content (AvgIpc) is 2.75. The molecule has 0 saturated carbocycles. The van der Waals surface area contributed by atoms with Gasteiger partial charge in [-0.2, -0.15) is 0 Å². The zero-order valence-electron chi connectivity index (χ0n) is 16.6. The van der Waals surface area contributed by atoms with Crippen LogP contribution >= 0.6 is 0 Å². The molecule has 0 bridgehead atoms. The molecule has 0 aliphatic carbocycles. The number of ether oxygens (including phenoxy) is 2. The summed E-state index contributed by atoms with van der Waals surface area (Å²) in [5.41, 5.74) is 0.220. The highest BCUT2D eigenvalue weighted by atomic mass is 16.5. The standard InChI is InChI=1S/C21H24O11/c22-6-14-16(28)17(29)18(30)21(31-14)15-12(26)5-10(24)8-4-13(27)19(32-20(8)15)7-1-2-9(23)11(25)3-7/h1-3,5,13-14,16-19,21-30H,4,6H2. The smallest absolute Gasteiger partial charge is 0.157 e. The molecule has 0 spiro atoms. The van der Waals surface area contributed by atoms with Crippen LogP contribution in [0.2, 0.25) is 0 Å². The maximum Gasteiger partial charge on any atom is 0.157 e. The van der Waals surface area contributed by atoms with Crippen molar-refractivity contribution in [3.05, 3.63) is 41.0 Å². The Morgan fingerprint density at radius 3 is 2.16 bits per heavy atom. The van der Waals surface area contributed by atoms with Crippen LogP contribution in [0.4, 0.5) is 0 Å². The van der Waals surface area contributed by atoms with Crippen LogP contribution in [0.5, 0.6) is 28.7 Å². The summed E-state index contributed by atoms with van der Waals surface area (Å²) in [4.78, 5) is 0. The van der Waals surface area contributed by atoms with Gasteiger partial charge in [-0.25, -0.2) is 0 Å². The first-order valence-corrected chi connectivity index (χ1v) is 9.88. The number of hydrogen-bond donors (Lipinski definition) is 9. The molecular formula is C21H24O11. The van der Waals surface area contributed by atoms with Crippen molar-refractivity contribution in [2.24, 2.45) is 0 Å². The van der Waals surface area contributed by atoms with Gasteiger partial charge in [-0.3, -0.25) is 0 Å². The fourth-order valence-corrected chi connectivity index (χ4v) is 4.17. The molecule has 2 aromatic carbocycles. The molecule has 32 heavy (non-hydrogen) atoms. The Morgan fingerprint density at radius 1 is 0.781 bits per heavy atom. The molecule has 9 N–H and O–H groups in total. The van der Waals surface area contributed by atoms with Crippen molar-refractivity contribution < 1.29 is 55.4 Å². The van der Waals surface area contributed by atoms with Gasteiger partial charge in [-0.1, -0.05) is 6.07 Å². The fourth-order valence-electron chi connectivity index (χ4n) is 4.17. The van der Waals surface area contributed by atoms with Crippen molar-refractivity contribution in [1.29, 1.82) is 0 Å². The molecule has 2 aliphatic rings. The summed E-state index contributed by atoms with van der Waals surface area (Å²) in [7, 11) is 0. The molecule has 2 aromatic rings. The Kier molecular flexibility index (Phi) is 5.79. The van der Waals surface area contributed by atoms with E-state index < -0.39 is 66.6 Å². The lowest BCUT2D eigenvalue weighted by Crippen LogP contribution is -2.55. The highest BCUT2D eigenvalue weighted by molar-refractivity contribution is 5.59. The average molecular weight is 452 g/mol. The number of phenolic OH excluding ortho intramolecular Hbond substituents is 4. The van der Waals surface area contributed by atoms with Crippen molar-refractivity contribution in [2.75, 3.05) is 6.61 Å². The van der Waals surface area contributed by atoms with Crippen LogP contribution in [0.15, 0.2) is 24.3 Å². The Morgan fingerprint density at radius 2 is 1.50 bits per heavy atom. The Hall–Kier alpha value is -2.80. The molecule has 0 radical (unpaired) electrons. The van der Waals surface area contributed by atoms with E-state index in [1.165, 1.54) is 18.2 Å². The van der Waals surface area contributed by atoms with Crippen LogP contribution in [0.1, 0.15) is 28.9 Å². The predicted octanol–water partition coefficient (Wildman–Crippen LogP) is -0.939. The molecule has 7 atom stereocenters. The summed E-state index contributed by atoms with van der Waals surface area (Å²) >= 11 is 0. The molecule has 2 heterocycles. The van der Waals surface area contributed by atoms with E-state index in [2.05, 4.69) is 0 Å². The summed E-state index contributed by atoms with van der Waals surface area (Å²) in [6.45, 7) is -0.683. The van der Waals surface area contributed by atoms with Crippen molar-refractivity contribution in [1.82, 2.24) is 0 Å². The summed E-state index contributed by atoms with van der Waals surface area (Å²) in [6.07, 6.45) is -10.2. The van der Waals surface area contributed by atoms with Crippen LogP contribution in [-0.2, 0) is 11.2 Å². The van der Waals surface area contributed by atoms with Crippen molar-refractivity contribution in [3.63, 3.8) is 0 Å². The number of aliphatic hydroxyl groups is 5. The second kappa shape index (κ2) is 8.28. The lowest BCUT2D eigenvalue weighted by molar-refractivity contribution is -0.232. The van der Waals surface area contributed by atoms with Crippen molar-refractivity contribution in [2.45, 2.75) is 49.1 Å². The molecule has 0 aromatic heterocycles. The largest absolute Gasteiger partial charge is 0.507 e. The normalized spacial score (nSPS) is 32.2. The van der Waals surface area contributed by atoms with Crippen LogP contribution in [0, 0.1) is 0 Å². The SMILES string of the molecule is OCC1OC(c2c(O)cc(O)c3c2OC(c2ccc(O)c(O)c2)C(O)C3)C(O)C(O)C1O. The summed E-state index contributed by atoms with van der Waals surface area (Å²) < 4.78 is 11.4. The maximum atomic E-state index is 10.6. The monoisotopic (exact) mass is 452 g/mol. The first-order valence-electron chi connectivity index (χ1n) is 9.88. The van der Waals surface area contributed by atoms with E-state index in [-0.39, 0.29) is 34.6 Å². The van der Waals surface area contributed by atoms with E-state index >= 15 is 0 Å². The quantitative estimate of drug-likeness (QED) is 0.260. The Labute approximate surface area is 181 Å². The lowest BCUT2D eigenvalue weighted by atomic mass is 9.86. The molecule has 4 rings (SSSR count). The van der Waals surface area contributed by atoms with Gasteiger partial charge in [-0.05, 0) is 17.7 Å². The zero-order valence-corrected chi connectivity index (χ0v) is 16.6. The van der Waals surface area contributed by atoms with Crippen molar-refractivity contribution >= 4 is 0 Å². The molecule has 1 saturated heterocycles. The van der Waals surface area contributed by atoms with Crippen LogP contribution < -0.4 is 4.74 Å². The van der Waals surface area contributed by atoms with Crippen LogP contribution in [0.25, 0.3) is 0 Å². The molecule has 11 nitrogen and oxygen atoms in total. The predicted molar refractivity (Wildman–Crippen MR) is 105 cm³/mol. The van der Waals surface area contributed by atoms with Gasteiger partial charge in [0, 0.05) is 18.1 Å². The third-order valence-electron chi connectivity index (χ3n) is 5.89. The highest BCUT2D eigenvalue weighted by Gasteiger charge is 2.47. The number of hydrogen-bond acceptors (Lipinski definition) is 11. The molecule has 11 heteroatoms. The van der Waals surface area contributed by atoms with E-state index in [4.69, 9.17) is 9.47 Å². The Balaban J connectivity index is 1.80. The number of phenols is 4. The summed E-state index contributed by atoms with van der Waals surface area (Å²) in [5, 5.41) is 91.0. The Bertz CT molecular complexity index is 1010. The number of rotatable bonds is 3. The van der Waals surface area contributed by atoms with Crippen molar-refractivity contribution in [3.8, 4) is 28.7 Å². The van der Waals surface area contributed by atoms with Gasteiger partial charge in [0.15, 0.2) is 11.5 Å². The molecule has 7 unspecified atom stereocenters. The summed E-state index contributed by atoms with van der Waals surface area (Å²) in [5.74, 6) is -1.89. The minimum absolute atomic E-state index is 0.0986. The lowest BCUT2D eigenvalue weighted by Gasteiger charge is -2.42. The first-order chi connectivity index (χ1) is 15.1. The summed E-state index contributed by atoms with van der Waals surface area (Å²) in [6, 6.07) is 4.77. The van der Waals surface area contributed by atoms with E-state index in [0.29, 0.717) is 0 Å². The molecular weight excluding hydrogens is 428 g/mol. The van der Waals surface area contributed by atoms with E-state index in [1.54, 1.807) is 0 Å².